The Hall–Kier alpha value is -2.31. The quantitative estimate of drug-likeness (QED) is 0.850. The zero-order valence-corrected chi connectivity index (χ0v) is 12.7. The minimum atomic E-state index is -0.291. The number of aromatic nitrogens is 4. The van der Waals surface area contributed by atoms with Gasteiger partial charge in [-0.3, -0.25) is 9.69 Å². The number of hydrogen-bond donors (Lipinski definition) is 1. The fraction of sp³-hybridized carbons (Fsp3) is 0.462. The number of nitrogens with one attached hydrogen (secondary N) is 1. The van der Waals surface area contributed by atoms with Gasteiger partial charge >= 0.3 is 0 Å². The highest BCUT2D eigenvalue weighted by atomic mass is 32.1. The molecular formula is C13H15N7OS. The number of fused-ring (bicyclic) bond motifs is 1. The summed E-state index contributed by atoms with van der Waals surface area (Å²) < 4.78 is 2.03. The molecule has 9 heteroatoms. The molecule has 2 aromatic rings. The lowest BCUT2D eigenvalue weighted by Gasteiger charge is -2.26. The van der Waals surface area contributed by atoms with E-state index in [0.29, 0.717) is 6.54 Å². The van der Waals surface area contributed by atoms with Gasteiger partial charge in [-0.25, -0.2) is 4.98 Å². The van der Waals surface area contributed by atoms with Crippen LogP contribution in [0.3, 0.4) is 0 Å². The predicted molar refractivity (Wildman–Crippen MR) is 78.3 cm³/mol. The van der Waals surface area contributed by atoms with Crippen molar-refractivity contribution in [3.05, 3.63) is 28.2 Å². The van der Waals surface area contributed by atoms with Crippen LogP contribution in [0.25, 0.3) is 0 Å². The van der Waals surface area contributed by atoms with Crippen LogP contribution < -0.4 is 5.32 Å². The van der Waals surface area contributed by atoms with Crippen molar-refractivity contribution >= 4 is 17.2 Å². The molecular weight excluding hydrogens is 302 g/mol. The van der Waals surface area contributed by atoms with E-state index >= 15 is 0 Å². The monoisotopic (exact) mass is 317 g/mol. The highest BCUT2D eigenvalue weighted by Gasteiger charge is 2.21. The van der Waals surface area contributed by atoms with E-state index in [9.17, 15) is 4.79 Å². The summed E-state index contributed by atoms with van der Waals surface area (Å²) in [6, 6.07) is 1.82. The highest BCUT2D eigenvalue weighted by molar-refractivity contribution is 7.09. The van der Waals surface area contributed by atoms with E-state index in [2.05, 4.69) is 25.4 Å². The second-order valence-electron chi connectivity index (χ2n) is 4.93. The molecule has 1 amide bonds. The molecule has 0 unspecified atom stereocenters. The second kappa shape index (κ2) is 6.64. The minimum absolute atomic E-state index is 0.136. The van der Waals surface area contributed by atoms with Crippen LogP contribution in [0.4, 0.5) is 0 Å². The Bertz CT molecular complexity index is 688. The SMILES string of the molecule is N#CCC(=O)NCc1nnc2n1CCN(Cc1nccs1)C2. The van der Waals surface area contributed by atoms with Gasteiger partial charge in [0.15, 0.2) is 5.82 Å². The highest BCUT2D eigenvalue weighted by Crippen LogP contribution is 2.16. The summed E-state index contributed by atoms with van der Waals surface area (Å²) in [4.78, 5) is 17.9. The fourth-order valence-corrected chi connectivity index (χ4v) is 3.03. The maximum Gasteiger partial charge on any atom is 0.234 e. The van der Waals surface area contributed by atoms with Gasteiger partial charge in [0.2, 0.25) is 5.91 Å². The molecule has 0 atom stereocenters. The average Bonchev–Trinajstić information content (AvgIpc) is 3.15. The Kier molecular flexibility index (Phi) is 4.41. The van der Waals surface area contributed by atoms with Gasteiger partial charge in [0.05, 0.1) is 25.7 Å². The molecule has 0 radical (unpaired) electrons. The summed E-state index contributed by atoms with van der Waals surface area (Å²) >= 11 is 1.65. The third-order valence-corrected chi connectivity index (χ3v) is 4.20. The van der Waals surface area contributed by atoms with Crippen LogP contribution in [-0.4, -0.2) is 37.1 Å². The molecule has 3 heterocycles. The largest absolute Gasteiger partial charge is 0.348 e. The van der Waals surface area contributed by atoms with Gasteiger partial charge in [0.1, 0.15) is 17.3 Å². The zero-order valence-electron chi connectivity index (χ0n) is 11.9. The molecule has 22 heavy (non-hydrogen) atoms. The molecule has 1 N–H and O–H groups in total. The van der Waals surface area contributed by atoms with Crippen LogP contribution >= 0.6 is 11.3 Å². The first kappa shape index (κ1) is 14.6. The van der Waals surface area contributed by atoms with E-state index in [0.717, 1.165) is 42.8 Å². The Morgan fingerprint density at radius 1 is 1.45 bits per heavy atom. The fourth-order valence-electron chi connectivity index (χ4n) is 2.37. The number of nitriles is 1. The van der Waals surface area contributed by atoms with Crippen molar-refractivity contribution in [3.63, 3.8) is 0 Å². The predicted octanol–water partition coefficient (Wildman–Crippen LogP) is 0.280. The average molecular weight is 317 g/mol. The molecule has 0 aromatic carbocycles. The number of carbonyl (C=O) groups excluding carboxylic acids is 1. The van der Waals surface area contributed by atoms with E-state index in [1.165, 1.54) is 0 Å². The molecule has 0 aliphatic carbocycles. The molecule has 2 aromatic heterocycles. The third kappa shape index (κ3) is 3.29. The lowest BCUT2D eigenvalue weighted by molar-refractivity contribution is -0.120. The number of amides is 1. The summed E-state index contributed by atoms with van der Waals surface area (Å²) in [5.74, 6) is 1.34. The molecule has 3 rings (SSSR count). The normalized spacial score (nSPS) is 14.3. The molecule has 1 aliphatic heterocycles. The summed E-state index contributed by atoms with van der Waals surface area (Å²) in [7, 11) is 0. The molecule has 0 saturated heterocycles. The molecule has 0 bridgehead atoms. The lowest BCUT2D eigenvalue weighted by Crippen LogP contribution is -2.34. The minimum Gasteiger partial charge on any atom is -0.348 e. The summed E-state index contributed by atoms with van der Waals surface area (Å²) in [5.41, 5.74) is 0. The molecule has 0 spiro atoms. The number of hydrogen-bond acceptors (Lipinski definition) is 7. The number of nitrogens with zero attached hydrogens (tertiary/aromatic N) is 6. The number of thiazole rings is 1. The topological polar surface area (TPSA) is 99.7 Å². The van der Waals surface area contributed by atoms with Crippen LogP contribution in [0.5, 0.6) is 0 Å². The maximum atomic E-state index is 11.3. The van der Waals surface area contributed by atoms with Gasteiger partial charge in [-0.2, -0.15) is 5.26 Å². The van der Waals surface area contributed by atoms with Crippen LogP contribution in [-0.2, 0) is 31.0 Å². The smallest absolute Gasteiger partial charge is 0.234 e. The van der Waals surface area contributed by atoms with E-state index in [-0.39, 0.29) is 12.3 Å². The van der Waals surface area contributed by atoms with Crippen LogP contribution in [0.1, 0.15) is 23.1 Å². The van der Waals surface area contributed by atoms with Crippen molar-refractivity contribution in [3.8, 4) is 6.07 Å². The first-order chi connectivity index (χ1) is 10.8. The van der Waals surface area contributed by atoms with Gasteiger partial charge in [-0.1, -0.05) is 0 Å². The molecule has 0 saturated carbocycles. The van der Waals surface area contributed by atoms with Crippen LogP contribution in [0, 0.1) is 11.3 Å². The van der Waals surface area contributed by atoms with E-state index in [1.807, 2.05) is 22.2 Å². The first-order valence-electron chi connectivity index (χ1n) is 6.91. The second-order valence-corrected chi connectivity index (χ2v) is 5.91. The van der Waals surface area contributed by atoms with E-state index < -0.39 is 0 Å². The van der Waals surface area contributed by atoms with Gasteiger partial charge in [0.25, 0.3) is 0 Å². The van der Waals surface area contributed by atoms with Gasteiger partial charge in [-0.05, 0) is 0 Å². The van der Waals surface area contributed by atoms with E-state index in [4.69, 9.17) is 5.26 Å². The summed E-state index contributed by atoms with van der Waals surface area (Å²) in [6.45, 7) is 3.53. The molecule has 8 nitrogen and oxygen atoms in total. The summed E-state index contributed by atoms with van der Waals surface area (Å²) in [6.07, 6.45) is 1.68. The number of carbonyl (C=O) groups is 1. The number of rotatable bonds is 5. The zero-order chi connectivity index (χ0) is 15.4. The van der Waals surface area contributed by atoms with Crippen molar-refractivity contribution < 1.29 is 4.79 Å². The van der Waals surface area contributed by atoms with Crippen molar-refractivity contribution in [2.45, 2.75) is 32.6 Å². The first-order valence-corrected chi connectivity index (χ1v) is 7.79. The van der Waals surface area contributed by atoms with Crippen molar-refractivity contribution in [1.82, 2.24) is 30.0 Å². The van der Waals surface area contributed by atoms with Crippen LogP contribution in [0.2, 0.25) is 0 Å². The van der Waals surface area contributed by atoms with Gasteiger partial charge < -0.3 is 9.88 Å². The van der Waals surface area contributed by atoms with Crippen molar-refractivity contribution in [2.75, 3.05) is 6.54 Å². The lowest BCUT2D eigenvalue weighted by atomic mass is 10.3. The molecule has 114 valence electrons. The molecule has 1 aliphatic rings. The van der Waals surface area contributed by atoms with Gasteiger partial charge in [0, 0.05) is 24.7 Å². The van der Waals surface area contributed by atoms with Gasteiger partial charge in [-0.15, -0.1) is 21.5 Å². The maximum absolute atomic E-state index is 11.3. The summed E-state index contributed by atoms with van der Waals surface area (Å²) in [5, 5.41) is 22.5. The van der Waals surface area contributed by atoms with Crippen LogP contribution in [0.15, 0.2) is 11.6 Å². The Morgan fingerprint density at radius 2 is 2.36 bits per heavy atom. The third-order valence-electron chi connectivity index (χ3n) is 3.43. The van der Waals surface area contributed by atoms with E-state index in [1.54, 1.807) is 11.3 Å². The van der Waals surface area contributed by atoms with Crippen molar-refractivity contribution in [1.29, 1.82) is 5.26 Å². The Labute approximate surface area is 131 Å². The Morgan fingerprint density at radius 3 is 3.14 bits per heavy atom. The standard InChI is InChI=1S/C13H15N7OS/c14-2-1-12(21)16-7-10-17-18-11-8-19(4-5-20(10)11)9-13-15-3-6-22-13/h3,6H,1,4-5,7-9H2,(H,16,21). The molecule has 0 fully saturated rings. The van der Waals surface area contributed by atoms with Crippen molar-refractivity contribution in [2.24, 2.45) is 0 Å². The Balaban J connectivity index is 1.60.